The molecule has 0 spiro atoms. The molecule has 2 N–H and O–H groups in total. The largest absolute Gasteiger partial charge is 0.347 e. The molecule has 0 unspecified atom stereocenters. The fourth-order valence-electron chi connectivity index (χ4n) is 5.03. The van der Waals surface area contributed by atoms with Gasteiger partial charge in [0.15, 0.2) is 0 Å². The molecule has 9 nitrogen and oxygen atoms in total. The van der Waals surface area contributed by atoms with E-state index >= 15 is 0 Å². The van der Waals surface area contributed by atoms with Crippen molar-refractivity contribution in [3.8, 4) is 0 Å². The van der Waals surface area contributed by atoms with Crippen molar-refractivity contribution in [2.45, 2.75) is 70.1 Å². The zero-order valence-electron chi connectivity index (χ0n) is 21.4. The minimum absolute atomic E-state index is 0.138. The number of H-pyrrole nitrogens is 2. The molecule has 0 bridgehead atoms. The monoisotopic (exact) mass is 513 g/mol. The number of hydrogen-bond donors (Lipinski definition) is 2. The van der Waals surface area contributed by atoms with E-state index in [-0.39, 0.29) is 18.0 Å². The number of sulfonamides is 1. The first-order chi connectivity index (χ1) is 17.5. The molecule has 1 aliphatic heterocycles. The van der Waals surface area contributed by atoms with E-state index < -0.39 is 10.0 Å². The third kappa shape index (κ3) is 6.82. The topological polar surface area (TPSA) is 101 Å². The number of benzene rings is 1. The van der Waals surface area contributed by atoms with E-state index in [2.05, 4.69) is 43.6 Å². The number of nitrogens with zero attached hydrogens (tertiary/aromatic N) is 5. The highest BCUT2D eigenvalue weighted by Gasteiger charge is 2.27. The first kappa shape index (κ1) is 26.5. The Hall–Kier alpha value is -2.53. The van der Waals surface area contributed by atoms with Gasteiger partial charge in [0.1, 0.15) is 11.6 Å². The van der Waals surface area contributed by atoms with Gasteiger partial charge in [-0.2, -0.15) is 4.31 Å². The van der Waals surface area contributed by atoms with Gasteiger partial charge in [-0.3, -0.25) is 9.80 Å². The molecule has 196 valence electrons. The highest BCUT2D eigenvalue weighted by atomic mass is 32.2. The summed E-state index contributed by atoms with van der Waals surface area (Å²) in [6.45, 7) is 10.1. The summed E-state index contributed by atoms with van der Waals surface area (Å²) in [5.74, 6) is 1.17. The average molecular weight is 514 g/mol. The lowest BCUT2D eigenvalue weighted by Gasteiger charge is -2.39. The minimum atomic E-state index is -3.74. The molecule has 1 saturated heterocycles. The zero-order valence-corrected chi connectivity index (χ0v) is 22.3. The molecule has 1 aliphatic rings. The molecule has 1 fully saturated rings. The predicted octanol–water partition coefficient (Wildman–Crippen LogP) is 3.61. The Morgan fingerprint density at radius 1 is 0.972 bits per heavy atom. The number of hydrogen-bond acceptors (Lipinski definition) is 6. The summed E-state index contributed by atoms with van der Waals surface area (Å²) in [5, 5.41) is 0. The van der Waals surface area contributed by atoms with Gasteiger partial charge in [0.25, 0.3) is 0 Å². The van der Waals surface area contributed by atoms with Gasteiger partial charge in [0, 0.05) is 43.9 Å². The van der Waals surface area contributed by atoms with Crippen molar-refractivity contribution < 1.29 is 8.42 Å². The Morgan fingerprint density at radius 3 is 2.11 bits per heavy atom. The van der Waals surface area contributed by atoms with E-state index in [1.807, 2.05) is 12.1 Å². The first-order valence-electron chi connectivity index (χ1n) is 13.0. The van der Waals surface area contributed by atoms with Crippen LogP contribution in [-0.2, 0) is 29.7 Å². The minimum Gasteiger partial charge on any atom is -0.347 e. The van der Waals surface area contributed by atoms with E-state index in [9.17, 15) is 8.42 Å². The third-order valence-electron chi connectivity index (χ3n) is 6.75. The lowest BCUT2D eigenvalue weighted by Crippen LogP contribution is -2.48. The number of aromatic nitrogens is 4. The van der Waals surface area contributed by atoms with Crippen molar-refractivity contribution in [2.24, 2.45) is 0 Å². The smallest absolute Gasteiger partial charge is 0.243 e. The lowest BCUT2D eigenvalue weighted by atomic mass is 10.0. The second kappa shape index (κ2) is 12.6. The maximum Gasteiger partial charge on any atom is 0.243 e. The average Bonchev–Trinajstić information content (AvgIpc) is 3.59. The molecule has 1 aromatic carbocycles. The number of piperidine rings is 1. The van der Waals surface area contributed by atoms with Crippen LogP contribution < -0.4 is 0 Å². The van der Waals surface area contributed by atoms with Crippen LogP contribution in [0.15, 0.2) is 53.9 Å². The molecular formula is C26H39N7O2S. The Bertz CT molecular complexity index is 1090. The van der Waals surface area contributed by atoms with Crippen molar-refractivity contribution in [3.63, 3.8) is 0 Å². The Morgan fingerprint density at radius 2 is 1.58 bits per heavy atom. The molecule has 3 heterocycles. The summed E-state index contributed by atoms with van der Waals surface area (Å²) >= 11 is 0. The van der Waals surface area contributed by atoms with Crippen LogP contribution in [0.3, 0.4) is 0 Å². The second-order valence-electron chi connectivity index (χ2n) is 9.56. The normalized spacial score (nSPS) is 17.3. The molecule has 10 heteroatoms. The molecule has 36 heavy (non-hydrogen) atoms. The highest BCUT2D eigenvalue weighted by Crippen LogP contribution is 2.22. The van der Waals surface area contributed by atoms with Crippen LogP contribution in [0.4, 0.5) is 0 Å². The number of nitrogens with one attached hydrogen (secondary N) is 2. The van der Waals surface area contributed by atoms with Gasteiger partial charge >= 0.3 is 0 Å². The summed E-state index contributed by atoms with van der Waals surface area (Å²) in [6, 6.07) is 7.96. The quantitative estimate of drug-likeness (QED) is 0.362. The number of aromatic amines is 2. The molecular weight excluding hydrogens is 474 g/mol. The Labute approximate surface area is 215 Å². The summed E-state index contributed by atoms with van der Waals surface area (Å²) in [6.07, 6.45) is 11.5. The van der Waals surface area contributed by atoms with Crippen LogP contribution in [-0.4, -0.2) is 74.7 Å². The molecule has 4 rings (SSSR count). The summed E-state index contributed by atoms with van der Waals surface area (Å²) < 4.78 is 28.5. The molecule has 0 saturated carbocycles. The van der Waals surface area contributed by atoms with Crippen LogP contribution in [0.25, 0.3) is 0 Å². The second-order valence-corrected chi connectivity index (χ2v) is 11.5. The first-order valence-corrected chi connectivity index (χ1v) is 14.5. The van der Waals surface area contributed by atoms with Crippen LogP contribution in [0, 0.1) is 0 Å². The molecule has 3 aromatic rings. The van der Waals surface area contributed by atoms with E-state index in [1.165, 1.54) is 30.0 Å². The SMILES string of the molecule is CCCN(CCC)[C@H]1CCCN(Cc2ccc(S(=O)(=O)N(Cc3ncc[nH]3)Cc3ncc[nH]3)cc2)C1. The molecule has 0 amide bonds. The maximum atomic E-state index is 13.6. The third-order valence-corrected chi connectivity index (χ3v) is 8.55. The summed E-state index contributed by atoms with van der Waals surface area (Å²) in [4.78, 5) is 19.8. The Kier molecular flexibility index (Phi) is 9.30. The number of likely N-dealkylation sites (tertiary alicyclic amines) is 1. The van der Waals surface area contributed by atoms with Crippen LogP contribution in [0.1, 0.15) is 56.7 Å². The highest BCUT2D eigenvalue weighted by molar-refractivity contribution is 7.89. The fourth-order valence-corrected chi connectivity index (χ4v) is 6.39. The summed E-state index contributed by atoms with van der Waals surface area (Å²) in [7, 11) is -3.74. The molecule has 2 aromatic heterocycles. The fraction of sp³-hybridized carbons (Fsp3) is 0.538. The number of rotatable bonds is 13. The van der Waals surface area contributed by atoms with Gasteiger partial charge in [-0.25, -0.2) is 18.4 Å². The lowest BCUT2D eigenvalue weighted by molar-refractivity contribution is 0.0929. The van der Waals surface area contributed by atoms with Gasteiger partial charge < -0.3 is 9.97 Å². The van der Waals surface area contributed by atoms with Crippen molar-refractivity contribution in [3.05, 3.63) is 66.3 Å². The van der Waals surface area contributed by atoms with Crippen molar-refractivity contribution >= 4 is 10.0 Å². The van der Waals surface area contributed by atoms with Gasteiger partial charge in [0.2, 0.25) is 10.0 Å². The Balaban J connectivity index is 1.44. The van der Waals surface area contributed by atoms with Crippen LogP contribution in [0.5, 0.6) is 0 Å². The predicted molar refractivity (Wildman–Crippen MR) is 141 cm³/mol. The van der Waals surface area contributed by atoms with Crippen molar-refractivity contribution in [2.75, 3.05) is 26.2 Å². The summed E-state index contributed by atoms with van der Waals surface area (Å²) in [5.41, 5.74) is 1.13. The van der Waals surface area contributed by atoms with E-state index in [4.69, 9.17) is 0 Å². The van der Waals surface area contributed by atoms with Crippen molar-refractivity contribution in [1.29, 1.82) is 0 Å². The molecule has 0 radical (unpaired) electrons. The van der Waals surface area contributed by atoms with Crippen molar-refractivity contribution in [1.82, 2.24) is 34.0 Å². The van der Waals surface area contributed by atoms with Crippen LogP contribution in [0.2, 0.25) is 0 Å². The van der Waals surface area contributed by atoms with Gasteiger partial charge in [-0.15, -0.1) is 0 Å². The maximum absolute atomic E-state index is 13.6. The molecule has 1 atom stereocenters. The zero-order chi connectivity index (χ0) is 25.4. The van der Waals surface area contributed by atoms with Gasteiger partial charge in [0.05, 0.1) is 18.0 Å². The van der Waals surface area contributed by atoms with E-state index in [0.29, 0.717) is 17.7 Å². The molecule has 0 aliphatic carbocycles. The van der Waals surface area contributed by atoms with E-state index in [1.54, 1.807) is 36.9 Å². The number of imidazole rings is 2. The van der Waals surface area contributed by atoms with Crippen LogP contribution >= 0.6 is 0 Å². The van der Waals surface area contributed by atoms with Gasteiger partial charge in [-0.1, -0.05) is 26.0 Å². The van der Waals surface area contributed by atoms with E-state index in [0.717, 1.165) is 38.3 Å². The van der Waals surface area contributed by atoms with Gasteiger partial charge in [-0.05, 0) is 63.0 Å². The standard InChI is InChI=1S/C26H39N7O2S/c1-3-15-32(16-4-2)23-6-5-17-31(19-23)18-22-7-9-24(10-8-22)36(34,35)33(20-25-27-11-12-28-25)21-26-29-13-14-30-26/h7-14,23H,3-6,15-21H2,1-2H3,(H,27,28)(H,29,30)/t23-/m0/s1.